The summed E-state index contributed by atoms with van der Waals surface area (Å²) >= 11 is 0. The van der Waals surface area contributed by atoms with Crippen molar-refractivity contribution in [1.29, 1.82) is 0 Å². The lowest BCUT2D eigenvalue weighted by molar-refractivity contribution is 0.231. The predicted molar refractivity (Wildman–Crippen MR) is 68.5 cm³/mol. The highest BCUT2D eigenvalue weighted by atomic mass is 16.4. The van der Waals surface area contributed by atoms with Crippen LogP contribution in [0, 0.1) is 5.92 Å². The maximum atomic E-state index is 11.8. The van der Waals surface area contributed by atoms with Gasteiger partial charge in [0.05, 0.1) is 0 Å². The molecule has 0 radical (unpaired) electrons. The van der Waals surface area contributed by atoms with Crippen LogP contribution in [-0.2, 0) is 0 Å². The van der Waals surface area contributed by atoms with Crippen molar-refractivity contribution in [3.63, 3.8) is 0 Å². The van der Waals surface area contributed by atoms with Crippen molar-refractivity contribution in [2.45, 2.75) is 57.0 Å². The zero-order valence-electron chi connectivity index (χ0n) is 10.6. The molecule has 6 heteroatoms. The van der Waals surface area contributed by atoms with Crippen molar-refractivity contribution >= 4 is 11.9 Å². The molecule has 2 fully saturated rings. The van der Waals surface area contributed by atoms with E-state index < -0.39 is 0 Å². The Morgan fingerprint density at radius 3 is 2.50 bits per heavy atom. The second kappa shape index (κ2) is 5.93. The van der Waals surface area contributed by atoms with Crippen molar-refractivity contribution < 1.29 is 10.0 Å². The Balaban J connectivity index is 1.82. The van der Waals surface area contributed by atoms with E-state index in [9.17, 15) is 4.79 Å². The lowest BCUT2D eigenvalue weighted by Crippen LogP contribution is -2.48. The summed E-state index contributed by atoms with van der Waals surface area (Å²) in [5.74, 6) is 0.183. The van der Waals surface area contributed by atoms with Crippen molar-refractivity contribution in [2.24, 2.45) is 16.8 Å². The molecule has 2 saturated carbocycles. The molecule has 0 aromatic rings. The molecule has 0 aromatic heterocycles. The number of nitrogens with zero attached hydrogens (tertiary/aromatic N) is 1. The fraction of sp³-hybridized carbons (Fsp3) is 0.833. The molecule has 102 valence electrons. The highest BCUT2D eigenvalue weighted by Gasteiger charge is 2.32. The summed E-state index contributed by atoms with van der Waals surface area (Å²) in [6, 6.07) is 0.181. The van der Waals surface area contributed by atoms with Gasteiger partial charge in [0, 0.05) is 18.0 Å². The standard InChI is InChI=1S/C12H22N4O2/c13-11(16-18)9-6-3-7-10(9)15-12(17)14-8-4-1-2-5-8/h8-10,18H,1-7H2,(H2,13,16)(H2,14,15,17). The summed E-state index contributed by atoms with van der Waals surface area (Å²) in [6.07, 6.45) is 7.28. The maximum Gasteiger partial charge on any atom is 0.315 e. The van der Waals surface area contributed by atoms with Gasteiger partial charge < -0.3 is 21.6 Å². The van der Waals surface area contributed by atoms with Crippen LogP contribution in [0.1, 0.15) is 44.9 Å². The first-order valence-electron chi connectivity index (χ1n) is 6.75. The van der Waals surface area contributed by atoms with Crippen LogP contribution in [0.15, 0.2) is 5.16 Å². The molecule has 5 N–H and O–H groups in total. The molecule has 2 atom stereocenters. The van der Waals surface area contributed by atoms with Crippen LogP contribution in [0.25, 0.3) is 0 Å². The zero-order chi connectivity index (χ0) is 13.0. The summed E-state index contributed by atoms with van der Waals surface area (Å²) in [5.41, 5.74) is 5.64. The predicted octanol–water partition coefficient (Wildman–Crippen LogP) is 1.14. The fourth-order valence-corrected chi connectivity index (χ4v) is 3.03. The highest BCUT2D eigenvalue weighted by Crippen LogP contribution is 2.26. The van der Waals surface area contributed by atoms with E-state index in [1.54, 1.807) is 0 Å². The van der Waals surface area contributed by atoms with Crippen LogP contribution in [0.2, 0.25) is 0 Å². The first-order chi connectivity index (χ1) is 8.70. The lowest BCUT2D eigenvalue weighted by atomic mass is 10.0. The molecule has 2 aliphatic rings. The smallest absolute Gasteiger partial charge is 0.315 e. The molecular weight excluding hydrogens is 232 g/mol. The topological polar surface area (TPSA) is 99.7 Å². The van der Waals surface area contributed by atoms with Gasteiger partial charge in [0.15, 0.2) is 0 Å². The zero-order valence-corrected chi connectivity index (χ0v) is 10.6. The third-order valence-corrected chi connectivity index (χ3v) is 4.02. The third-order valence-electron chi connectivity index (χ3n) is 4.02. The average molecular weight is 254 g/mol. The van der Waals surface area contributed by atoms with E-state index in [4.69, 9.17) is 10.9 Å². The molecule has 2 rings (SSSR count). The van der Waals surface area contributed by atoms with Crippen LogP contribution < -0.4 is 16.4 Å². The number of urea groups is 1. The van der Waals surface area contributed by atoms with Gasteiger partial charge in [-0.25, -0.2) is 4.79 Å². The Morgan fingerprint density at radius 1 is 1.11 bits per heavy atom. The van der Waals surface area contributed by atoms with E-state index in [-0.39, 0.29) is 23.8 Å². The van der Waals surface area contributed by atoms with Crippen molar-refractivity contribution in [1.82, 2.24) is 10.6 Å². The second-order valence-electron chi connectivity index (χ2n) is 5.27. The number of rotatable bonds is 3. The van der Waals surface area contributed by atoms with E-state index in [1.165, 1.54) is 12.8 Å². The number of nitrogens with one attached hydrogen (secondary N) is 2. The molecule has 2 amide bonds. The Kier molecular flexibility index (Phi) is 4.28. The molecule has 0 aliphatic heterocycles. The molecule has 0 saturated heterocycles. The van der Waals surface area contributed by atoms with Gasteiger partial charge in [-0.15, -0.1) is 0 Å². The Labute approximate surface area is 107 Å². The molecule has 18 heavy (non-hydrogen) atoms. The van der Waals surface area contributed by atoms with Crippen LogP contribution in [0.3, 0.4) is 0 Å². The van der Waals surface area contributed by atoms with E-state index in [0.29, 0.717) is 6.04 Å². The second-order valence-corrected chi connectivity index (χ2v) is 5.27. The normalized spacial score (nSPS) is 29.4. The first-order valence-corrected chi connectivity index (χ1v) is 6.75. The summed E-state index contributed by atoms with van der Waals surface area (Å²) in [7, 11) is 0. The fourth-order valence-electron chi connectivity index (χ4n) is 3.03. The number of hydrogen-bond acceptors (Lipinski definition) is 3. The summed E-state index contributed by atoms with van der Waals surface area (Å²) in [6.45, 7) is 0. The van der Waals surface area contributed by atoms with Crippen LogP contribution in [0.5, 0.6) is 0 Å². The van der Waals surface area contributed by atoms with Crippen LogP contribution >= 0.6 is 0 Å². The molecule has 0 bridgehead atoms. The molecule has 2 aliphatic carbocycles. The highest BCUT2D eigenvalue weighted by molar-refractivity contribution is 5.84. The monoisotopic (exact) mass is 254 g/mol. The minimum atomic E-state index is -0.121. The number of amidine groups is 1. The van der Waals surface area contributed by atoms with Gasteiger partial charge in [-0.1, -0.05) is 24.4 Å². The number of hydrogen-bond donors (Lipinski definition) is 4. The van der Waals surface area contributed by atoms with E-state index in [1.807, 2.05) is 0 Å². The number of amides is 2. The number of carbonyl (C=O) groups excluding carboxylic acids is 1. The molecule has 6 nitrogen and oxygen atoms in total. The molecule has 0 spiro atoms. The lowest BCUT2D eigenvalue weighted by Gasteiger charge is -2.21. The van der Waals surface area contributed by atoms with E-state index >= 15 is 0 Å². The molecule has 2 unspecified atom stereocenters. The van der Waals surface area contributed by atoms with Crippen molar-refractivity contribution in [3.8, 4) is 0 Å². The summed E-state index contributed by atoms with van der Waals surface area (Å²) in [5, 5.41) is 17.7. The first kappa shape index (κ1) is 13.0. The van der Waals surface area contributed by atoms with Gasteiger partial charge in [-0.3, -0.25) is 0 Å². The van der Waals surface area contributed by atoms with E-state index in [0.717, 1.165) is 32.1 Å². The Hall–Kier alpha value is -1.46. The Bertz CT molecular complexity index is 326. The van der Waals surface area contributed by atoms with Gasteiger partial charge >= 0.3 is 6.03 Å². The number of oxime groups is 1. The molecular formula is C12H22N4O2. The minimum Gasteiger partial charge on any atom is -0.409 e. The summed E-state index contributed by atoms with van der Waals surface area (Å²) in [4.78, 5) is 11.8. The minimum absolute atomic E-state index is 0.0118. The Morgan fingerprint density at radius 2 is 1.83 bits per heavy atom. The SMILES string of the molecule is NC(=NO)C1CCCC1NC(=O)NC1CCCC1. The van der Waals surface area contributed by atoms with Gasteiger partial charge in [0.1, 0.15) is 5.84 Å². The molecule has 0 aromatic carbocycles. The van der Waals surface area contributed by atoms with Crippen LogP contribution in [-0.4, -0.2) is 29.2 Å². The number of nitrogens with two attached hydrogens (primary N) is 1. The van der Waals surface area contributed by atoms with Crippen LogP contribution in [0.4, 0.5) is 4.79 Å². The largest absolute Gasteiger partial charge is 0.409 e. The van der Waals surface area contributed by atoms with Gasteiger partial charge in [0.2, 0.25) is 0 Å². The van der Waals surface area contributed by atoms with E-state index in [2.05, 4.69) is 15.8 Å². The van der Waals surface area contributed by atoms with Gasteiger partial charge in [0.25, 0.3) is 0 Å². The molecule has 0 heterocycles. The van der Waals surface area contributed by atoms with Crippen molar-refractivity contribution in [2.75, 3.05) is 0 Å². The van der Waals surface area contributed by atoms with Crippen molar-refractivity contribution in [3.05, 3.63) is 0 Å². The average Bonchev–Trinajstić information content (AvgIpc) is 2.99. The van der Waals surface area contributed by atoms with Gasteiger partial charge in [-0.2, -0.15) is 0 Å². The quantitative estimate of drug-likeness (QED) is 0.263. The maximum absolute atomic E-state index is 11.8. The van der Waals surface area contributed by atoms with Gasteiger partial charge in [-0.05, 0) is 25.7 Å². The summed E-state index contributed by atoms with van der Waals surface area (Å²) < 4.78 is 0. The number of carbonyl (C=O) groups is 1. The third kappa shape index (κ3) is 3.05.